The summed E-state index contributed by atoms with van der Waals surface area (Å²) >= 11 is 0. The predicted molar refractivity (Wildman–Crippen MR) is 79.0 cm³/mol. The van der Waals surface area contributed by atoms with Gasteiger partial charge in [-0.25, -0.2) is 0 Å². The quantitative estimate of drug-likeness (QED) is 0.875. The van der Waals surface area contributed by atoms with Gasteiger partial charge in [0.05, 0.1) is 0 Å². The van der Waals surface area contributed by atoms with Crippen molar-refractivity contribution in [1.29, 1.82) is 0 Å². The van der Waals surface area contributed by atoms with E-state index in [2.05, 4.69) is 55.3 Å². The van der Waals surface area contributed by atoms with Crippen LogP contribution < -0.4 is 10.2 Å². The fourth-order valence-corrected chi connectivity index (χ4v) is 2.78. The number of hydrogen-bond donors (Lipinski definition) is 1. The van der Waals surface area contributed by atoms with Crippen molar-refractivity contribution in [3.63, 3.8) is 0 Å². The molecule has 1 N–H and O–H groups in total. The lowest BCUT2D eigenvalue weighted by atomic mass is 10.0. The Morgan fingerprint density at radius 3 is 2.72 bits per heavy atom. The Morgan fingerprint density at radius 1 is 1.28 bits per heavy atom. The second-order valence-electron chi connectivity index (χ2n) is 5.50. The van der Waals surface area contributed by atoms with Gasteiger partial charge in [0.25, 0.3) is 0 Å². The van der Waals surface area contributed by atoms with Crippen molar-refractivity contribution in [2.45, 2.75) is 46.2 Å². The smallest absolute Gasteiger partial charge is 0.0412 e. The van der Waals surface area contributed by atoms with E-state index in [1.54, 1.807) is 0 Å². The number of rotatable bonds is 4. The Hall–Kier alpha value is -1.02. The molecule has 1 unspecified atom stereocenters. The fraction of sp³-hybridized carbons (Fsp3) is 0.625. The molecular formula is C16H26N2. The molecule has 0 fully saturated rings. The first-order chi connectivity index (χ1) is 8.74. The third-order valence-electron chi connectivity index (χ3n) is 4.10. The van der Waals surface area contributed by atoms with E-state index in [1.807, 2.05) is 0 Å². The zero-order valence-corrected chi connectivity index (χ0v) is 11.9. The van der Waals surface area contributed by atoms with Crippen LogP contribution in [0.1, 0.15) is 39.2 Å². The van der Waals surface area contributed by atoms with Crippen LogP contribution in [0.15, 0.2) is 24.3 Å². The molecule has 1 aromatic rings. The Balaban J connectivity index is 2.21. The van der Waals surface area contributed by atoms with Crippen molar-refractivity contribution in [3.8, 4) is 0 Å². The molecule has 1 aliphatic rings. The second-order valence-corrected chi connectivity index (χ2v) is 5.50. The fourth-order valence-electron chi connectivity index (χ4n) is 2.78. The third kappa shape index (κ3) is 3.05. The Labute approximate surface area is 111 Å². The Kier molecular flexibility index (Phi) is 4.65. The summed E-state index contributed by atoms with van der Waals surface area (Å²) in [6.07, 6.45) is 2.55. The molecule has 0 saturated carbocycles. The average molecular weight is 246 g/mol. The molecular weight excluding hydrogens is 220 g/mol. The molecule has 1 atom stereocenters. The van der Waals surface area contributed by atoms with Gasteiger partial charge in [-0.3, -0.25) is 0 Å². The van der Waals surface area contributed by atoms with Crippen molar-refractivity contribution < 1.29 is 0 Å². The first kappa shape index (κ1) is 13.4. The molecule has 2 nitrogen and oxygen atoms in total. The van der Waals surface area contributed by atoms with Crippen LogP contribution in [-0.4, -0.2) is 19.1 Å². The first-order valence-corrected chi connectivity index (χ1v) is 7.30. The molecule has 0 amide bonds. The van der Waals surface area contributed by atoms with Crippen molar-refractivity contribution in [2.75, 3.05) is 18.0 Å². The molecule has 1 aromatic carbocycles. The highest BCUT2D eigenvalue weighted by Crippen LogP contribution is 2.25. The van der Waals surface area contributed by atoms with E-state index < -0.39 is 0 Å². The summed E-state index contributed by atoms with van der Waals surface area (Å²) in [5, 5.41) is 3.60. The van der Waals surface area contributed by atoms with Gasteiger partial charge in [0.2, 0.25) is 0 Å². The first-order valence-electron chi connectivity index (χ1n) is 7.30. The van der Waals surface area contributed by atoms with Gasteiger partial charge in [0.15, 0.2) is 0 Å². The molecule has 1 heterocycles. The molecule has 2 heteroatoms. The predicted octanol–water partition coefficient (Wildman–Crippen LogP) is 3.42. The van der Waals surface area contributed by atoms with Crippen molar-refractivity contribution >= 4 is 5.69 Å². The molecule has 18 heavy (non-hydrogen) atoms. The molecule has 0 bridgehead atoms. The van der Waals surface area contributed by atoms with Gasteiger partial charge in [-0.15, -0.1) is 0 Å². The lowest BCUT2D eigenvalue weighted by molar-refractivity contribution is 0.466. The van der Waals surface area contributed by atoms with E-state index in [9.17, 15) is 0 Å². The van der Waals surface area contributed by atoms with Gasteiger partial charge in [-0.05, 0) is 24.5 Å². The van der Waals surface area contributed by atoms with Gasteiger partial charge in [0, 0.05) is 31.4 Å². The minimum atomic E-state index is 0.562. The standard InChI is InChI=1S/C16H26N2/c1-4-14(5-2)12-18-11-13(3)17-10-15-8-6-7-9-16(15)18/h6-9,13-14,17H,4-5,10-12H2,1-3H3. The summed E-state index contributed by atoms with van der Waals surface area (Å²) < 4.78 is 0. The maximum atomic E-state index is 3.60. The summed E-state index contributed by atoms with van der Waals surface area (Å²) in [5.74, 6) is 0.809. The zero-order chi connectivity index (χ0) is 13.0. The average Bonchev–Trinajstić information content (AvgIpc) is 2.56. The largest absolute Gasteiger partial charge is 0.369 e. The van der Waals surface area contributed by atoms with Gasteiger partial charge in [0.1, 0.15) is 0 Å². The minimum absolute atomic E-state index is 0.562. The van der Waals surface area contributed by atoms with Crippen LogP contribution in [0.2, 0.25) is 0 Å². The van der Waals surface area contributed by atoms with E-state index >= 15 is 0 Å². The number of benzene rings is 1. The molecule has 2 rings (SSSR count). The van der Waals surface area contributed by atoms with Crippen LogP contribution in [0.4, 0.5) is 5.69 Å². The monoisotopic (exact) mass is 246 g/mol. The van der Waals surface area contributed by atoms with Crippen molar-refractivity contribution in [2.24, 2.45) is 5.92 Å². The highest BCUT2D eigenvalue weighted by atomic mass is 15.2. The van der Waals surface area contributed by atoms with Crippen LogP contribution in [0.5, 0.6) is 0 Å². The number of para-hydroxylation sites is 1. The van der Waals surface area contributed by atoms with E-state index in [1.165, 1.54) is 30.6 Å². The number of anilines is 1. The third-order valence-corrected chi connectivity index (χ3v) is 4.10. The SMILES string of the molecule is CCC(CC)CN1CC(C)NCc2ccccc21. The molecule has 100 valence electrons. The van der Waals surface area contributed by atoms with Crippen molar-refractivity contribution in [3.05, 3.63) is 29.8 Å². The molecule has 1 aliphatic heterocycles. The molecule has 0 radical (unpaired) electrons. The van der Waals surface area contributed by atoms with Crippen LogP contribution in [0.25, 0.3) is 0 Å². The number of hydrogen-bond acceptors (Lipinski definition) is 2. The lowest BCUT2D eigenvalue weighted by Gasteiger charge is -2.30. The van der Waals surface area contributed by atoms with Crippen LogP contribution in [0.3, 0.4) is 0 Å². The van der Waals surface area contributed by atoms with Gasteiger partial charge in [-0.1, -0.05) is 44.9 Å². The van der Waals surface area contributed by atoms with E-state index in [-0.39, 0.29) is 0 Å². The lowest BCUT2D eigenvalue weighted by Crippen LogP contribution is -2.38. The summed E-state index contributed by atoms with van der Waals surface area (Å²) in [7, 11) is 0. The Bertz CT molecular complexity index is 371. The van der Waals surface area contributed by atoms with Crippen LogP contribution in [-0.2, 0) is 6.54 Å². The van der Waals surface area contributed by atoms with Gasteiger partial charge < -0.3 is 10.2 Å². The summed E-state index contributed by atoms with van der Waals surface area (Å²) in [6.45, 7) is 10.2. The highest BCUT2D eigenvalue weighted by molar-refractivity contribution is 5.54. The summed E-state index contributed by atoms with van der Waals surface area (Å²) in [6, 6.07) is 9.39. The molecule has 0 aliphatic carbocycles. The normalized spacial score (nSPS) is 19.8. The van der Waals surface area contributed by atoms with Crippen LogP contribution >= 0.6 is 0 Å². The topological polar surface area (TPSA) is 15.3 Å². The maximum absolute atomic E-state index is 3.60. The summed E-state index contributed by atoms with van der Waals surface area (Å²) in [4.78, 5) is 2.58. The molecule has 0 aromatic heterocycles. The Morgan fingerprint density at radius 2 is 2.00 bits per heavy atom. The maximum Gasteiger partial charge on any atom is 0.0412 e. The van der Waals surface area contributed by atoms with Crippen LogP contribution in [0, 0.1) is 5.92 Å². The molecule has 0 saturated heterocycles. The van der Waals surface area contributed by atoms with E-state index in [4.69, 9.17) is 0 Å². The molecule has 0 spiro atoms. The highest BCUT2D eigenvalue weighted by Gasteiger charge is 2.20. The van der Waals surface area contributed by atoms with Gasteiger partial charge >= 0.3 is 0 Å². The summed E-state index contributed by atoms with van der Waals surface area (Å²) in [5.41, 5.74) is 2.87. The number of fused-ring (bicyclic) bond motifs is 1. The van der Waals surface area contributed by atoms with E-state index in [0.29, 0.717) is 6.04 Å². The van der Waals surface area contributed by atoms with Crippen molar-refractivity contribution in [1.82, 2.24) is 5.32 Å². The van der Waals surface area contributed by atoms with Gasteiger partial charge in [-0.2, -0.15) is 0 Å². The second kappa shape index (κ2) is 6.24. The zero-order valence-electron chi connectivity index (χ0n) is 11.9. The minimum Gasteiger partial charge on any atom is -0.369 e. The number of nitrogens with one attached hydrogen (secondary N) is 1. The number of nitrogens with zero attached hydrogens (tertiary/aromatic N) is 1. The van der Waals surface area contributed by atoms with E-state index in [0.717, 1.165) is 19.0 Å².